The van der Waals surface area contributed by atoms with Crippen LogP contribution in [0, 0.1) is 6.92 Å². The highest BCUT2D eigenvalue weighted by atomic mass is 35.5. The molecule has 5 nitrogen and oxygen atoms in total. The van der Waals surface area contributed by atoms with Crippen LogP contribution >= 0.6 is 11.6 Å². The summed E-state index contributed by atoms with van der Waals surface area (Å²) in [6, 6.07) is 5.37. The van der Waals surface area contributed by atoms with Gasteiger partial charge in [0.1, 0.15) is 23.7 Å². The molecule has 0 unspecified atom stereocenters. The van der Waals surface area contributed by atoms with Gasteiger partial charge in [-0.3, -0.25) is 0 Å². The average Bonchev–Trinajstić information content (AvgIpc) is 2.41. The quantitative estimate of drug-likeness (QED) is 0.899. The van der Waals surface area contributed by atoms with Crippen molar-refractivity contribution in [3.05, 3.63) is 35.1 Å². The Kier molecular flexibility index (Phi) is 4.06. The van der Waals surface area contributed by atoms with Crippen LogP contribution in [0.15, 0.2) is 24.5 Å². The van der Waals surface area contributed by atoms with Gasteiger partial charge in [-0.25, -0.2) is 9.97 Å². The third kappa shape index (κ3) is 2.88. The second-order valence-corrected chi connectivity index (χ2v) is 4.35. The van der Waals surface area contributed by atoms with E-state index in [0.717, 1.165) is 17.1 Å². The Labute approximate surface area is 117 Å². The number of ether oxygens (including phenoxy) is 1. The summed E-state index contributed by atoms with van der Waals surface area (Å²) in [6.45, 7) is 1.94. The molecule has 1 aromatic carbocycles. The Hall–Kier alpha value is -2.01. The van der Waals surface area contributed by atoms with Gasteiger partial charge in [0, 0.05) is 17.6 Å². The molecule has 0 amide bonds. The first-order valence-corrected chi connectivity index (χ1v) is 6.13. The Bertz CT molecular complexity index is 589. The smallest absolute Gasteiger partial charge is 0.142 e. The summed E-state index contributed by atoms with van der Waals surface area (Å²) in [4.78, 5) is 8.37. The number of hydrogen-bond acceptors (Lipinski definition) is 5. The van der Waals surface area contributed by atoms with Crippen LogP contribution in [0.3, 0.4) is 0 Å². The highest BCUT2D eigenvalue weighted by molar-refractivity contribution is 6.31. The molecular weight excluding hydrogens is 264 g/mol. The van der Waals surface area contributed by atoms with E-state index in [9.17, 15) is 0 Å². The molecule has 1 heterocycles. The number of rotatable bonds is 4. The summed E-state index contributed by atoms with van der Waals surface area (Å²) in [5.74, 6) is 2.19. The lowest BCUT2D eigenvalue weighted by molar-refractivity contribution is 0.417. The zero-order valence-corrected chi connectivity index (χ0v) is 11.7. The van der Waals surface area contributed by atoms with E-state index in [-0.39, 0.29) is 0 Å². The third-order valence-electron chi connectivity index (χ3n) is 2.74. The minimum absolute atomic E-state index is 0.629. The van der Waals surface area contributed by atoms with Gasteiger partial charge in [0.15, 0.2) is 0 Å². The predicted molar refractivity (Wildman–Crippen MR) is 77.6 cm³/mol. The Morgan fingerprint density at radius 2 is 1.95 bits per heavy atom. The van der Waals surface area contributed by atoms with Crippen molar-refractivity contribution in [3.8, 4) is 5.75 Å². The van der Waals surface area contributed by atoms with Crippen LogP contribution in [-0.4, -0.2) is 24.1 Å². The number of aromatic nitrogens is 2. The summed E-state index contributed by atoms with van der Waals surface area (Å²) in [5, 5.41) is 6.85. The molecule has 0 saturated carbocycles. The number of nitrogens with zero attached hydrogens (tertiary/aromatic N) is 2. The van der Waals surface area contributed by atoms with Crippen molar-refractivity contribution in [2.75, 3.05) is 24.8 Å². The van der Waals surface area contributed by atoms with Gasteiger partial charge in [-0.2, -0.15) is 0 Å². The number of halogens is 1. The maximum Gasteiger partial charge on any atom is 0.142 e. The largest absolute Gasteiger partial charge is 0.495 e. The first kappa shape index (κ1) is 13.4. The molecule has 100 valence electrons. The van der Waals surface area contributed by atoms with E-state index in [4.69, 9.17) is 16.3 Å². The van der Waals surface area contributed by atoms with E-state index in [1.54, 1.807) is 25.3 Å². The lowest BCUT2D eigenvalue weighted by Crippen LogP contribution is -2.03. The Morgan fingerprint density at radius 1 is 1.21 bits per heavy atom. The molecule has 0 spiro atoms. The van der Waals surface area contributed by atoms with Crippen molar-refractivity contribution in [2.45, 2.75) is 6.92 Å². The summed E-state index contributed by atoms with van der Waals surface area (Å²) in [5.41, 5.74) is 1.69. The highest BCUT2D eigenvalue weighted by Gasteiger charge is 2.09. The maximum atomic E-state index is 6.00. The molecule has 2 rings (SSSR count). The fourth-order valence-electron chi connectivity index (χ4n) is 1.73. The SMILES string of the molecule is CNc1ncnc(Nc2cc(Cl)ccc2OC)c1C. The van der Waals surface area contributed by atoms with Crippen LogP contribution in [0.2, 0.25) is 5.02 Å². The van der Waals surface area contributed by atoms with E-state index in [1.807, 2.05) is 14.0 Å². The molecule has 0 bridgehead atoms. The first-order chi connectivity index (χ1) is 9.15. The summed E-state index contributed by atoms with van der Waals surface area (Å²) in [6.07, 6.45) is 1.50. The number of anilines is 3. The molecule has 6 heteroatoms. The molecular formula is C13H15ClN4O. The van der Waals surface area contributed by atoms with E-state index >= 15 is 0 Å². The molecule has 0 aliphatic rings. The number of hydrogen-bond donors (Lipinski definition) is 2. The zero-order chi connectivity index (χ0) is 13.8. The van der Waals surface area contributed by atoms with Crippen molar-refractivity contribution in [2.24, 2.45) is 0 Å². The predicted octanol–water partition coefficient (Wildman–Crippen LogP) is 3.23. The van der Waals surface area contributed by atoms with E-state index in [2.05, 4.69) is 20.6 Å². The number of benzene rings is 1. The zero-order valence-electron chi connectivity index (χ0n) is 11.0. The summed E-state index contributed by atoms with van der Waals surface area (Å²) < 4.78 is 5.29. The lowest BCUT2D eigenvalue weighted by atomic mass is 10.2. The van der Waals surface area contributed by atoms with Gasteiger partial charge in [0.2, 0.25) is 0 Å². The highest BCUT2D eigenvalue weighted by Crippen LogP contribution is 2.31. The third-order valence-corrected chi connectivity index (χ3v) is 2.97. The fraction of sp³-hybridized carbons (Fsp3) is 0.231. The Balaban J connectivity index is 2.38. The van der Waals surface area contributed by atoms with Crippen LogP contribution in [0.5, 0.6) is 5.75 Å². The number of nitrogens with one attached hydrogen (secondary N) is 2. The van der Waals surface area contributed by atoms with Gasteiger partial charge in [-0.1, -0.05) is 11.6 Å². The van der Waals surface area contributed by atoms with Gasteiger partial charge < -0.3 is 15.4 Å². The monoisotopic (exact) mass is 278 g/mol. The molecule has 0 fully saturated rings. The molecule has 0 saturated heterocycles. The van der Waals surface area contributed by atoms with Crippen LogP contribution < -0.4 is 15.4 Å². The van der Waals surface area contributed by atoms with E-state index in [0.29, 0.717) is 16.6 Å². The van der Waals surface area contributed by atoms with Crippen LogP contribution in [0.1, 0.15) is 5.56 Å². The molecule has 2 aromatic rings. The fourth-order valence-corrected chi connectivity index (χ4v) is 1.91. The van der Waals surface area contributed by atoms with Crippen LogP contribution in [0.25, 0.3) is 0 Å². The van der Waals surface area contributed by atoms with Crippen molar-refractivity contribution >= 4 is 28.9 Å². The average molecular weight is 279 g/mol. The molecule has 0 aliphatic heterocycles. The topological polar surface area (TPSA) is 59.1 Å². The summed E-state index contributed by atoms with van der Waals surface area (Å²) in [7, 11) is 3.43. The van der Waals surface area contributed by atoms with Gasteiger partial charge in [-0.05, 0) is 25.1 Å². The maximum absolute atomic E-state index is 6.00. The second-order valence-electron chi connectivity index (χ2n) is 3.92. The van der Waals surface area contributed by atoms with Crippen molar-refractivity contribution < 1.29 is 4.74 Å². The molecule has 0 atom stereocenters. The van der Waals surface area contributed by atoms with Crippen molar-refractivity contribution in [1.29, 1.82) is 0 Å². The summed E-state index contributed by atoms with van der Waals surface area (Å²) >= 11 is 6.00. The minimum Gasteiger partial charge on any atom is -0.495 e. The second kappa shape index (κ2) is 5.75. The van der Waals surface area contributed by atoms with E-state index in [1.165, 1.54) is 6.33 Å². The van der Waals surface area contributed by atoms with Crippen LogP contribution in [-0.2, 0) is 0 Å². The van der Waals surface area contributed by atoms with E-state index < -0.39 is 0 Å². The first-order valence-electron chi connectivity index (χ1n) is 5.75. The van der Waals surface area contributed by atoms with Gasteiger partial charge >= 0.3 is 0 Å². The molecule has 1 aromatic heterocycles. The molecule has 0 aliphatic carbocycles. The normalized spacial score (nSPS) is 10.1. The van der Waals surface area contributed by atoms with Crippen molar-refractivity contribution in [1.82, 2.24) is 9.97 Å². The van der Waals surface area contributed by atoms with Gasteiger partial charge in [0.05, 0.1) is 12.8 Å². The molecule has 0 radical (unpaired) electrons. The standard InChI is InChI=1S/C13H15ClN4O/c1-8-12(15-2)16-7-17-13(8)18-10-6-9(14)4-5-11(10)19-3/h4-7H,1-3H3,(H2,15,16,17,18). The Morgan fingerprint density at radius 3 is 2.63 bits per heavy atom. The minimum atomic E-state index is 0.629. The van der Waals surface area contributed by atoms with Gasteiger partial charge in [-0.15, -0.1) is 0 Å². The van der Waals surface area contributed by atoms with Crippen LogP contribution in [0.4, 0.5) is 17.3 Å². The van der Waals surface area contributed by atoms with Gasteiger partial charge in [0.25, 0.3) is 0 Å². The molecule has 19 heavy (non-hydrogen) atoms. The van der Waals surface area contributed by atoms with Crippen molar-refractivity contribution in [3.63, 3.8) is 0 Å². The molecule has 2 N–H and O–H groups in total. The lowest BCUT2D eigenvalue weighted by Gasteiger charge is -2.13. The number of methoxy groups -OCH3 is 1.